The first-order valence-corrected chi connectivity index (χ1v) is 10.7. The summed E-state index contributed by atoms with van der Waals surface area (Å²) in [5.74, 6) is 2.55. The molecule has 0 unspecified atom stereocenters. The van der Waals surface area contributed by atoms with Crippen molar-refractivity contribution in [2.45, 2.75) is 45.6 Å². The topological polar surface area (TPSA) is 77.7 Å². The fraction of sp³-hybridized carbons (Fsp3) is 0.375. The van der Waals surface area contributed by atoms with Crippen LogP contribution in [-0.4, -0.2) is 40.3 Å². The van der Waals surface area contributed by atoms with E-state index in [0.717, 1.165) is 18.4 Å². The molecule has 4 rings (SSSR count). The number of rotatable bonds is 9. The van der Waals surface area contributed by atoms with Crippen molar-refractivity contribution < 1.29 is 18.8 Å². The van der Waals surface area contributed by atoms with Crippen LogP contribution in [0.2, 0.25) is 0 Å². The Hall–Kier alpha value is -3.35. The highest BCUT2D eigenvalue weighted by atomic mass is 16.7. The Balaban J connectivity index is 1.38. The molecule has 162 valence electrons. The van der Waals surface area contributed by atoms with Gasteiger partial charge in [-0.2, -0.15) is 4.98 Å². The SMILES string of the molecule is CC[C@@H](C)N(CCc1nc(-c2ccc3c(c2)OCO3)no1)C(=O)CCc1ccccc1. The molecule has 1 amide bonds. The molecule has 1 aliphatic heterocycles. The normalized spacial score (nSPS) is 13.2. The van der Waals surface area contributed by atoms with E-state index in [9.17, 15) is 4.79 Å². The molecule has 3 aromatic rings. The molecule has 0 spiro atoms. The third-order valence-corrected chi connectivity index (χ3v) is 5.58. The zero-order valence-corrected chi connectivity index (χ0v) is 17.9. The smallest absolute Gasteiger partial charge is 0.231 e. The minimum atomic E-state index is 0.147. The molecule has 0 saturated heterocycles. The van der Waals surface area contributed by atoms with Crippen molar-refractivity contribution in [3.63, 3.8) is 0 Å². The molecule has 0 saturated carbocycles. The fourth-order valence-electron chi connectivity index (χ4n) is 3.58. The van der Waals surface area contributed by atoms with Gasteiger partial charge in [0.2, 0.25) is 24.4 Å². The molecule has 0 aliphatic carbocycles. The highest BCUT2D eigenvalue weighted by Crippen LogP contribution is 2.35. The highest BCUT2D eigenvalue weighted by Gasteiger charge is 2.21. The van der Waals surface area contributed by atoms with Crippen LogP contribution in [0.3, 0.4) is 0 Å². The van der Waals surface area contributed by atoms with E-state index in [2.05, 4.69) is 36.1 Å². The molecule has 0 bridgehead atoms. The summed E-state index contributed by atoms with van der Waals surface area (Å²) < 4.78 is 16.2. The summed E-state index contributed by atoms with van der Waals surface area (Å²) in [4.78, 5) is 19.3. The average molecular weight is 421 g/mol. The lowest BCUT2D eigenvalue weighted by molar-refractivity contribution is -0.133. The largest absolute Gasteiger partial charge is 0.454 e. The number of aromatic nitrogens is 2. The van der Waals surface area contributed by atoms with Crippen molar-refractivity contribution in [2.75, 3.05) is 13.3 Å². The van der Waals surface area contributed by atoms with Crippen molar-refractivity contribution in [3.05, 3.63) is 60.0 Å². The van der Waals surface area contributed by atoms with Gasteiger partial charge in [-0.25, -0.2) is 0 Å². The predicted octanol–water partition coefficient (Wildman–Crippen LogP) is 4.27. The van der Waals surface area contributed by atoms with Gasteiger partial charge in [-0.1, -0.05) is 42.4 Å². The number of carbonyl (C=O) groups is 1. The second-order valence-corrected chi connectivity index (χ2v) is 7.66. The zero-order valence-electron chi connectivity index (χ0n) is 17.9. The van der Waals surface area contributed by atoms with Gasteiger partial charge in [0.05, 0.1) is 0 Å². The van der Waals surface area contributed by atoms with Crippen LogP contribution in [0.25, 0.3) is 11.4 Å². The van der Waals surface area contributed by atoms with Crippen LogP contribution < -0.4 is 9.47 Å². The number of fused-ring (bicyclic) bond motifs is 1. The third kappa shape index (κ3) is 5.05. The van der Waals surface area contributed by atoms with Crippen molar-refractivity contribution in [3.8, 4) is 22.9 Å². The van der Waals surface area contributed by atoms with E-state index in [0.29, 0.717) is 42.6 Å². The molecule has 31 heavy (non-hydrogen) atoms. The zero-order chi connectivity index (χ0) is 21.6. The fourth-order valence-corrected chi connectivity index (χ4v) is 3.58. The van der Waals surface area contributed by atoms with E-state index >= 15 is 0 Å². The Morgan fingerprint density at radius 3 is 2.71 bits per heavy atom. The second kappa shape index (κ2) is 9.64. The van der Waals surface area contributed by atoms with Gasteiger partial charge in [0.25, 0.3) is 0 Å². The van der Waals surface area contributed by atoms with Gasteiger partial charge in [0, 0.05) is 31.0 Å². The third-order valence-electron chi connectivity index (χ3n) is 5.58. The molecular weight excluding hydrogens is 394 g/mol. The van der Waals surface area contributed by atoms with Gasteiger partial charge >= 0.3 is 0 Å². The molecule has 2 aromatic carbocycles. The minimum Gasteiger partial charge on any atom is -0.454 e. The van der Waals surface area contributed by atoms with Crippen LogP contribution >= 0.6 is 0 Å². The minimum absolute atomic E-state index is 0.147. The van der Waals surface area contributed by atoms with E-state index in [-0.39, 0.29) is 18.7 Å². The predicted molar refractivity (Wildman–Crippen MR) is 116 cm³/mol. The van der Waals surface area contributed by atoms with Crippen LogP contribution in [0.5, 0.6) is 11.5 Å². The quantitative estimate of drug-likeness (QED) is 0.514. The first-order chi connectivity index (χ1) is 15.1. The van der Waals surface area contributed by atoms with Crippen molar-refractivity contribution >= 4 is 5.91 Å². The molecular formula is C24H27N3O4. The van der Waals surface area contributed by atoms with Crippen LogP contribution in [0.15, 0.2) is 53.1 Å². The maximum atomic E-state index is 12.9. The van der Waals surface area contributed by atoms with Crippen molar-refractivity contribution in [1.82, 2.24) is 15.0 Å². The van der Waals surface area contributed by atoms with E-state index < -0.39 is 0 Å². The maximum Gasteiger partial charge on any atom is 0.231 e. The first kappa shape index (κ1) is 20.9. The monoisotopic (exact) mass is 421 g/mol. The summed E-state index contributed by atoms with van der Waals surface area (Å²) in [5, 5.41) is 4.09. The number of carbonyl (C=O) groups excluding carboxylic acids is 1. The van der Waals surface area contributed by atoms with Crippen molar-refractivity contribution in [1.29, 1.82) is 0 Å². The van der Waals surface area contributed by atoms with Gasteiger partial charge in [0.1, 0.15) is 0 Å². The van der Waals surface area contributed by atoms with Crippen LogP contribution in [0, 0.1) is 0 Å². The lowest BCUT2D eigenvalue weighted by Gasteiger charge is -2.28. The summed E-state index contributed by atoms with van der Waals surface area (Å²) in [6.07, 6.45) is 2.63. The Morgan fingerprint density at radius 1 is 1.10 bits per heavy atom. The molecule has 1 aliphatic rings. The van der Waals surface area contributed by atoms with E-state index in [4.69, 9.17) is 14.0 Å². The maximum absolute atomic E-state index is 12.9. The van der Waals surface area contributed by atoms with Gasteiger partial charge in [0.15, 0.2) is 11.5 Å². The van der Waals surface area contributed by atoms with Gasteiger partial charge in [-0.3, -0.25) is 4.79 Å². The molecule has 2 heterocycles. The second-order valence-electron chi connectivity index (χ2n) is 7.66. The van der Waals surface area contributed by atoms with E-state index in [1.807, 2.05) is 41.3 Å². The molecule has 7 nitrogen and oxygen atoms in total. The number of amides is 1. The van der Waals surface area contributed by atoms with Crippen LogP contribution in [0.4, 0.5) is 0 Å². The Labute approximate surface area is 182 Å². The van der Waals surface area contributed by atoms with Gasteiger partial charge in [-0.05, 0) is 43.5 Å². The van der Waals surface area contributed by atoms with E-state index in [1.54, 1.807) is 0 Å². The summed E-state index contributed by atoms with van der Waals surface area (Å²) >= 11 is 0. The summed E-state index contributed by atoms with van der Waals surface area (Å²) in [5.41, 5.74) is 1.97. The molecule has 0 radical (unpaired) electrons. The van der Waals surface area contributed by atoms with Gasteiger partial charge in [-0.15, -0.1) is 0 Å². The number of hydrogen-bond acceptors (Lipinski definition) is 6. The van der Waals surface area contributed by atoms with Crippen LogP contribution in [-0.2, 0) is 17.6 Å². The number of benzene rings is 2. The number of aryl methyl sites for hydroxylation is 1. The number of ether oxygens (including phenoxy) is 2. The van der Waals surface area contributed by atoms with Crippen molar-refractivity contribution in [2.24, 2.45) is 0 Å². The van der Waals surface area contributed by atoms with E-state index in [1.165, 1.54) is 5.56 Å². The number of hydrogen-bond donors (Lipinski definition) is 0. The highest BCUT2D eigenvalue weighted by molar-refractivity contribution is 5.76. The standard InChI is InChI=1S/C24H27N3O4/c1-3-17(2)27(23(28)12-9-18-7-5-4-6-8-18)14-13-22-25-24(26-31-22)19-10-11-20-21(15-19)30-16-29-20/h4-8,10-11,15,17H,3,9,12-14,16H2,1-2H3/t17-/m1/s1. The summed E-state index contributed by atoms with van der Waals surface area (Å²) in [6, 6.07) is 15.8. The Bertz CT molecular complexity index is 1020. The molecule has 0 fully saturated rings. The molecule has 0 N–H and O–H groups in total. The Morgan fingerprint density at radius 2 is 1.90 bits per heavy atom. The lowest BCUT2D eigenvalue weighted by Crippen LogP contribution is -2.40. The molecule has 7 heteroatoms. The summed E-state index contributed by atoms with van der Waals surface area (Å²) in [7, 11) is 0. The van der Waals surface area contributed by atoms with Crippen LogP contribution in [0.1, 0.15) is 38.1 Å². The number of nitrogens with zero attached hydrogens (tertiary/aromatic N) is 3. The average Bonchev–Trinajstić information content (AvgIpc) is 3.47. The lowest BCUT2D eigenvalue weighted by atomic mass is 10.1. The molecule has 1 aromatic heterocycles. The summed E-state index contributed by atoms with van der Waals surface area (Å²) in [6.45, 7) is 4.93. The first-order valence-electron chi connectivity index (χ1n) is 10.7. The molecule has 1 atom stereocenters. The Kier molecular flexibility index (Phi) is 6.50. The van der Waals surface area contributed by atoms with Gasteiger partial charge < -0.3 is 18.9 Å².